The van der Waals surface area contributed by atoms with E-state index in [1.165, 1.54) is 33.4 Å². The summed E-state index contributed by atoms with van der Waals surface area (Å²) in [6.07, 6.45) is 0.916. The SMILES string of the molecule is CC(C)c1cc(Cc2cc(C(C)C)c(N)c(C(C)C)c2)cc(C(C)C)c1N. The second-order valence-corrected chi connectivity index (χ2v) is 9.17. The molecule has 0 amide bonds. The highest BCUT2D eigenvalue weighted by Gasteiger charge is 2.16. The van der Waals surface area contributed by atoms with Crippen molar-refractivity contribution in [2.45, 2.75) is 85.5 Å². The predicted molar refractivity (Wildman–Crippen MR) is 121 cm³/mol. The van der Waals surface area contributed by atoms with E-state index in [0.29, 0.717) is 23.7 Å². The van der Waals surface area contributed by atoms with Crippen LogP contribution in [-0.4, -0.2) is 0 Å². The molecule has 27 heavy (non-hydrogen) atoms. The number of benzene rings is 2. The second-order valence-electron chi connectivity index (χ2n) is 9.17. The average molecular weight is 367 g/mol. The van der Waals surface area contributed by atoms with E-state index in [4.69, 9.17) is 11.5 Å². The summed E-state index contributed by atoms with van der Waals surface area (Å²) < 4.78 is 0. The van der Waals surface area contributed by atoms with Crippen molar-refractivity contribution in [3.05, 3.63) is 57.6 Å². The van der Waals surface area contributed by atoms with Gasteiger partial charge < -0.3 is 11.5 Å². The molecule has 2 aromatic carbocycles. The number of nitrogen functional groups attached to an aromatic ring is 2. The van der Waals surface area contributed by atoms with Crippen LogP contribution in [-0.2, 0) is 6.42 Å². The molecule has 0 aliphatic heterocycles. The molecule has 2 rings (SSSR count). The lowest BCUT2D eigenvalue weighted by Crippen LogP contribution is -2.07. The van der Waals surface area contributed by atoms with Crippen molar-refractivity contribution in [3.63, 3.8) is 0 Å². The molecule has 0 aromatic heterocycles. The van der Waals surface area contributed by atoms with Crippen LogP contribution in [0, 0.1) is 0 Å². The molecule has 0 aliphatic carbocycles. The Hall–Kier alpha value is -1.96. The maximum absolute atomic E-state index is 6.48. The largest absolute Gasteiger partial charge is 0.398 e. The zero-order valence-corrected chi connectivity index (χ0v) is 18.5. The fraction of sp³-hybridized carbons (Fsp3) is 0.520. The van der Waals surface area contributed by atoms with E-state index in [0.717, 1.165) is 17.8 Å². The Morgan fingerprint density at radius 1 is 0.519 bits per heavy atom. The predicted octanol–water partition coefficient (Wildman–Crippen LogP) is 6.94. The zero-order chi connectivity index (χ0) is 20.5. The van der Waals surface area contributed by atoms with E-state index < -0.39 is 0 Å². The molecule has 0 unspecified atom stereocenters. The van der Waals surface area contributed by atoms with Crippen molar-refractivity contribution in [1.29, 1.82) is 0 Å². The van der Waals surface area contributed by atoms with Crippen LogP contribution in [0.15, 0.2) is 24.3 Å². The van der Waals surface area contributed by atoms with Gasteiger partial charge in [-0.1, -0.05) is 79.7 Å². The Morgan fingerprint density at radius 2 is 0.741 bits per heavy atom. The normalized spacial score (nSPS) is 12.0. The van der Waals surface area contributed by atoms with Gasteiger partial charge in [0.05, 0.1) is 0 Å². The van der Waals surface area contributed by atoms with Gasteiger partial charge >= 0.3 is 0 Å². The van der Waals surface area contributed by atoms with Gasteiger partial charge in [-0.25, -0.2) is 0 Å². The van der Waals surface area contributed by atoms with Crippen LogP contribution in [0.5, 0.6) is 0 Å². The highest BCUT2D eigenvalue weighted by molar-refractivity contribution is 5.61. The highest BCUT2D eigenvalue weighted by Crippen LogP contribution is 2.35. The Balaban J connectivity index is 2.56. The van der Waals surface area contributed by atoms with E-state index in [9.17, 15) is 0 Å². The molecule has 0 saturated carbocycles. The molecule has 0 aliphatic rings. The first-order valence-electron chi connectivity index (χ1n) is 10.4. The first-order valence-corrected chi connectivity index (χ1v) is 10.4. The van der Waals surface area contributed by atoms with Crippen molar-refractivity contribution < 1.29 is 0 Å². The molecule has 0 saturated heterocycles. The molecule has 2 heteroatoms. The lowest BCUT2D eigenvalue weighted by molar-refractivity contribution is 0.829. The molecule has 0 heterocycles. The summed E-state index contributed by atoms with van der Waals surface area (Å²) in [5.74, 6) is 1.69. The monoisotopic (exact) mass is 366 g/mol. The van der Waals surface area contributed by atoms with Crippen molar-refractivity contribution in [2.24, 2.45) is 0 Å². The van der Waals surface area contributed by atoms with E-state index in [1.54, 1.807) is 0 Å². The number of anilines is 2. The lowest BCUT2D eigenvalue weighted by atomic mass is 9.86. The van der Waals surface area contributed by atoms with Gasteiger partial charge in [0, 0.05) is 11.4 Å². The lowest BCUT2D eigenvalue weighted by Gasteiger charge is -2.21. The first kappa shape index (κ1) is 21.3. The van der Waals surface area contributed by atoms with Gasteiger partial charge in [-0.3, -0.25) is 0 Å². The number of hydrogen-bond donors (Lipinski definition) is 2. The number of nitrogens with two attached hydrogens (primary N) is 2. The molecule has 0 radical (unpaired) electrons. The third kappa shape index (κ3) is 4.66. The summed E-state index contributed by atoms with van der Waals surface area (Å²) in [7, 11) is 0. The Labute approximate surface area is 166 Å². The van der Waals surface area contributed by atoms with Crippen molar-refractivity contribution in [1.82, 2.24) is 0 Å². The Morgan fingerprint density at radius 3 is 0.926 bits per heavy atom. The molecular formula is C25H38N2. The van der Waals surface area contributed by atoms with E-state index >= 15 is 0 Å². The molecule has 0 atom stereocenters. The standard InChI is InChI=1S/C25H38N2/c1-14(2)20-10-18(11-21(15(3)4)24(20)26)9-19-12-22(16(5)6)25(27)23(13-19)17(7)8/h10-17H,9,26-27H2,1-8H3. The molecule has 4 N–H and O–H groups in total. The summed E-state index contributed by atoms with van der Waals surface area (Å²) in [6, 6.07) is 9.19. The molecule has 0 bridgehead atoms. The maximum atomic E-state index is 6.48. The maximum Gasteiger partial charge on any atom is 0.0384 e. The fourth-order valence-electron chi connectivity index (χ4n) is 3.88. The molecule has 2 aromatic rings. The van der Waals surface area contributed by atoms with Gasteiger partial charge in [-0.05, 0) is 63.5 Å². The van der Waals surface area contributed by atoms with Crippen molar-refractivity contribution >= 4 is 11.4 Å². The summed E-state index contributed by atoms with van der Waals surface area (Å²) >= 11 is 0. The topological polar surface area (TPSA) is 52.0 Å². The summed E-state index contributed by atoms with van der Waals surface area (Å²) in [6.45, 7) is 17.8. The smallest absolute Gasteiger partial charge is 0.0384 e. The van der Waals surface area contributed by atoms with Crippen LogP contribution < -0.4 is 11.5 Å². The minimum absolute atomic E-state index is 0.423. The van der Waals surface area contributed by atoms with Crippen LogP contribution in [0.1, 0.15) is 112 Å². The van der Waals surface area contributed by atoms with Gasteiger partial charge in [-0.2, -0.15) is 0 Å². The van der Waals surface area contributed by atoms with E-state index in [-0.39, 0.29) is 0 Å². The zero-order valence-electron chi connectivity index (χ0n) is 18.5. The molecule has 2 nitrogen and oxygen atoms in total. The highest BCUT2D eigenvalue weighted by atomic mass is 14.6. The summed E-state index contributed by atoms with van der Waals surface area (Å²) in [4.78, 5) is 0. The Kier molecular flexibility index (Phi) is 6.62. The van der Waals surface area contributed by atoms with Crippen LogP contribution in [0.3, 0.4) is 0 Å². The first-order chi connectivity index (χ1) is 12.5. The minimum atomic E-state index is 0.423. The van der Waals surface area contributed by atoms with Crippen LogP contribution in [0.2, 0.25) is 0 Å². The quantitative estimate of drug-likeness (QED) is 0.544. The van der Waals surface area contributed by atoms with Crippen LogP contribution >= 0.6 is 0 Å². The second kappa shape index (κ2) is 8.37. The minimum Gasteiger partial charge on any atom is -0.398 e. The van der Waals surface area contributed by atoms with Crippen molar-refractivity contribution in [2.75, 3.05) is 11.5 Å². The number of rotatable bonds is 6. The van der Waals surface area contributed by atoms with Crippen LogP contribution in [0.4, 0.5) is 11.4 Å². The average Bonchev–Trinajstić information content (AvgIpc) is 2.56. The molecule has 148 valence electrons. The van der Waals surface area contributed by atoms with Crippen molar-refractivity contribution in [3.8, 4) is 0 Å². The summed E-state index contributed by atoms with van der Waals surface area (Å²) in [5.41, 5.74) is 22.6. The van der Waals surface area contributed by atoms with E-state index in [1.807, 2.05) is 0 Å². The van der Waals surface area contributed by atoms with Gasteiger partial charge in [-0.15, -0.1) is 0 Å². The summed E-state index contributed by atoms with van der Waals surface area (Å²) in [5, 5.41) is 0. The van der Waals surface area contributed by atoms with Gasteiger partial charge in [0.1, 0.15) is 0 Å². The van der Waals surface area contributed by atoms with Crippen LogP contribution in [0.25, 0.3) is 0 Å². The molecule has 0 spiro atoms. The third-order valence-electron chi connectivity index (χ3n) is 5.50. The van der Waals surface area contributed by atoms with Gasteiger partial charge in [0.15, 0.2) is 0 Å². The molecule has 0 fully saturated rings. The van der Waals surface area contributed by atoms with Gasteiger partial charge in [0.25, 0.3) is 0 Å². The fourth-order valence-corrected chi connectivity index (χ4v) is 3.88. The third-order valence-corrected chi connectivity index (χ3v) is 5.50. The molecular weight excluding hydrogens is 328 g/mol. The van der Waals surface area contributed by atoms with Gasteiger partial charge in [0.2, 0.25) is 0 Å². The van der Waals surface area contributed by atoms with E-state index in [2.05, 4.69) is 79.7 Å². The number of hydrogen-bond acceptors (Lipinski definition) is 2. The Bertz CT molecular complexity index is 672.